The van der Waals surface area contributed by atoms with E-state index in [9.17, 15) is 12.8 Å². The molecule has 106 valence electrons. The minimum absolute atomic E-state index is 0.0329. The smallest absolute Gasteiger partial charge is 0.245 e. The van der Waals surface area contributed by atoms with Gasteiger partial charge in [-0.2, -0.15) is 0 Å². The molecule has 2 N–H and O–H groups in total. The SMILES string of the molecule is C=CCCCN(C)S(=O)(=O)c1cc(N)cc(Br)c1F. The number of benzene rings is 1. The van der Waals surface area contributed by atoms with Gasteiger partial charge in [-0.15, -0.1) is 6.58 Å². The summed E-state index contributed by atoms with van der Waals surface area (Å²) in [6.45, 7) is 3.86. The van der Waals surface area contributed by atoms with Crippen LogP contribution in [0.4, 0.5) is 10.1 Å². The number of rotatable bonds is 6. The zero-order valence-corrected chi connectivity index (χ0v) is 13.0. The first-order chi connectivity index (χ1) is 8.80. The topological polar surface area (TPSA) is 63.4 Å². The third-order valence-corrected chi connectivity index (χ3v) is 5.02. The number of unbranched alkanes of at least 4 members (excludes halogenated alkanes) is 1. The lowest BCUT2D eigenvalue weighted by Gasteiger charge is -2.18. The molecule has 7 heteroatoms. The van der Waals surface area contributed by atoms with Gasteiger partial charge in [0.15, 0.2) is 5.82 Å². The highest BCUT2D eigenvalue weighted by Crippen LogP contribution is 2.27. The van der Waals surface area contributed by atoms with Crippen molar-refractivity contribution < 1.29 is 12.8 Å². The highest BCUT2D eigenvalue weighted by molar-refractivity contribution is 9.10. The second-order valence-electron chi connectivity index (χ2n) is 4.07. The molecular formula is C12H16BrFN2O2S. The van der Waals surface area contributed by atoms with Crippen LogP contribution in [0.25, 0.3) is 0 Å². The van der Waals surface area contributed by atoms with Gasteiger partial charge in [-0.1, -0.05) is 6.08 Å². The Bertz CT molecular complexity index is 575. The zero-order chi connectivity index (χ0) is 14.6. The number of nitrogen functional groups attached to an aromatic ring is 1. The normalized spacial score (nSPS) is 11.8. The number of nitrogens with two attached hydrogens (primary N) is 1. The first-order valence-electron chi connectivity index (χ1n) is 5.62. The summed E-state index contributed by atoms with van der Waals surface area (Å²) in [5.74, 6) is -0.829. The number of sulfonamides is 1. The lowest BCUT2D eigenvalue weighted by molar-refractivity contribution is 0.456. The lowest BCUT2D eigenvalue weighted by atomic mass is 10.3. The van der Waals surface area contributed by atoms with E-state index in [1.807, 2.05) is 0 Å². The average Bonchev–Trinajstić information content (AvgIpc) is 2.33. The molecule has 0 heterocycles. The first kappa shape index (κ1) is 16.1. The highest BCUT2D eigenvalue weighted by atomic mass is 79.9. The molecule has 0 aliphatic rings. The second-order valence-corrected chi connectivity index (χ2v) is 6.94. The number of hydrogen-bond acceptors (Lipinski definition) is 3. The Morgan fingerprint density at radius 1 is 1.53 bits per heavy atom. The van der Waals surface area contributed by atoms with Crippen LogP contribution in [0.15, 0.2) is 34.2 Å². The lowest BCUT2D eigenvalue weighted by Crippen LogP contribution is -2.28. The van der Waals surface area contributed by atoms with Crippen molar-refractivity contribution in [1.82, 2.24) is 4.31 Å². The van der Waals surface area contributed by atoms with Gasteiger partial charge in [0.05, 0.1) is 4.47 Å². The Morgan fingerprint density at radius 2 is 2.16 bits per heavy atom. The van der Waals surface area contributed by atoms with Gasteiger partial charge in [-0.3, -0.25) is 0 Å². The Hall–Kier alpha value is -0.920. The van der Waals surface area contributed by atoms with Crippen LogP contribution in [0.1, 0.15) is 12.8 Å². The van der Waals surface area contributed by atoms with Crippen molar-refractivity contribution >= 4 is 31.6 Å². The van der Waals surface area contributed by atoms with E-state index in [1.165, 1.54) is 13.1 Å². The monoisotopic (exact) mass is 350 g/mol. The molecule has 0 aliphatic heterocycles. The summed E-state index contributed by atoms with van der Waals surface area (Å²) in [6.07, 6.45) is 3.03. The minimum atomic E-state index is -3.88. The predicted octanol–water partition coefficient (Wildman–Crippen LogP) is 2.76. The van der Waals surface area contributed by atoms with Crippen molar-refractivity contribution in [1.29, 1.82) is 0 Å². The summed E-state index contributed by atoms with van der Waals surface area (Å²) in [7, 11) is -2.47. The number of anilines is 1. The van der Waals surface area contributed by atoms with Crippen LogP contribution in [-0.2, 0) is 10.0 Å². The summed E-state index contributed by atoms with van der Waals surface area (Å²) in [6, 6.07) is 2.45. The molecule has 0 atom stereocenters. The van der Waals surface area contributed by atoms with Crippen molar-refractivity contribution in [2.24, 2.45) is 0 Å². The van der Waals surface area contributed by atoms with Gasteiger partial charge in [0, 0.05) is 19.3 Å². The van der Waals surface area contributed by atoms with Gasteiger partial charge < -0.3 is 5.73 Å². The molecule has 0 fully saturated rings. The fourth-order valence-electron chi connectivity index (χ4n) is 1.52. The molecular weight excluding hydrogens is 335 g/mol. The maximum absolute atomic E-state index is 13.9. The van der Waals surface area contributed by atoms with Crippen molar-refractivity contribution in [3.05, 3.63) is 35.1 Å². The molecule has 0 spiro atoms. The Morgan fingerprint density at radius 3 is 2.74 bits per heavy atom. The fraction of sp³-hybridized carbons (Fsp3) is 0.333. The number of nitrogens with zero attached hydrogens (tertiary/aromatic N) is 1. The summed E-state index contributed by atoms with van der Waals surface area (Å²) in [4.78, 5) is -0.416. The quantitative estimate of drug-likeness (QED) is 0.487. The van der Waals surface area contributed by atoms with Crippen molar-refractivity contribution in [3.8, 4) is 0 Å². The third kappa shape index (κ3) is 3.77. The second kappa shape index (κ2) is 6.49. The molecule has 0 bridgehead atoms. The summed E-state index contributed by atoms with van der Waals surface area (Å²) < 4.78 is 39.5. The molecule has 0 radical (unpaired) electrons. The van der Waals surface area contributed by atoms with Crippen LogP contribution in [0.3, 0.4) is 0 Å². The fourth-order valence-corrected chi connectivity index (χ4v) is 3.45. The average molecular weight is 351 g/mol. The number of hydrogen-bond donors (Lipinski definition) is 1. The standard InChI is InChI=1S/C12H16BrFN2O2S/c1-3-4-5-6-16(2)19(17,18)11-8-9(15)7-10(13)12(11)14/h3,7-8H,1,4-6,15H2,2H3. The minimum Gasteiger partial charge on any atom is -0.399 e. The van der Waals surface area contributed by atoms with Gasteiger partial charge in [0.25, 0.3) is 0 Å². The van der Waals surface area contributed by atoms with Gasteiger partial charge in [-0.05, 0) is 40.9 Å². The van der Waals surface area contributed by atoms with Gasteiger partial charge in [0.1, 0.15) is 4.90 Å². The van der Waals surface area contributed by atoms with Crippen molar-refractivity contribution in [2.75, 3.05) is 19.3 Å². The van der Waals surface area contributed by atoms with E-state index in [0.717, 1.165) is 10.4 Å². The maximum atomic E-state index is 13.9. The van der Waals surface area contributed by atoms with Crippen LogP contribution in [0.5, 0.6) is 0 Å². The highest BCUT2D eigenvalue weighted by Gasteiger charge is 2.25. The van der Waals surface area contributed by atoms with E-state index in [2.05, 4.69) is 22.5 Å². The van der Waals surface area contributed by atoms with Gasteiger partial charge in [0.2, 0.25) is 10.0 Å². The van der Waals surface area contributed by atoms with Crippen LogP contribution < -0.4 is 5.73 Å². The summed E-state index contributed by atoms with van der Waals surface area (Å²) in [5, 5.41) is 0. The van der Waals surface area contributed by atoms with Crippen LogP contribution in [0, 0.1) is 5.82 Å². The molecule has 1 aromatic rings. The van der Waals surface area contributed by atoms with Crippen molar-refractivity contribution in [3.63, 3.8) is 0 Å². The summed E-state index contributed by atoms with van der Waals surface area (Å²) in [5.41, 5.74) is 5.74. The molecule has 0 saturated carbocycles. The van der Waals surface area contributed by atoms with Crippen molar-refractivity contribution in [2.45, 2.75) is 17.7 Å². The van der Waals surface area contributed by atoms with E-state index in [-0.39, 0.29) is 10.2 Å². The Kier molecular flexibility index (Phi) is 5.51. The van der Waals surface area contributed by atoms with E-state index >= 15 is 0 Å². The molecule has 1 rings (SSSR count). The summed E-state index contributed by atoms with van der Waals surface area (Å²) >= 11 is 2.95. The number of allylic oxidation sites excluding steroid dienone is 1. The van der Waals surface area contributed by atoms with Crippen LogP contribution >= 0.6 is 15.9 Å². The van der Waals surface area contributed by atoms with E-state index in [4.69, 9.17) is 5.73 Å². The van der Waals surface area contributed by atoms with Crippen LogP contribution in [-0.4, -0.2) is 26.3 Å². The number of halogens is 2. The third-order valence-electron chi connectivity index (χ3n) is 2.59. The molecule has 1 aromatic carbocycles. The zero-order valence-electron chi connectivity index (χ0n) is 10.6. The Balaban J connectivity index is 3.09. The maximum Gasteiger partial charge on any atom is 0.245 e. The molecule has 0 amide bonds. The van der Waals surface area contributed by atoms with E-state index < -0.39 is 20.7 Å². The predicted molar refractivity (Wildman–Crippen MR) is 77.8 cm³/mol. The van der Waals surface area contributed by atoms with E-state index in [1.54, 1.807) is 6.08 Å². The molecule has 0 aromatic heterocycles. The van der Waals surface area contributed by atoms with Gasteiger partial charge in [-0.25, -0.2) is 17.1 Å². The first-order valence-corrected chi connectivity index (χ1v) is 7.85. The Labute approximate surface area is 121 Å². The van der Waals surface area contributed by atoms with E-state index in [0.29, 0.717) is 19.4 Å². The molecule has 4 nitrogen and oxygen atoms in total. The largest absolute Gasteiger partial charge is 0.399 e. The molecule has 19 heavy (non-hydrogen) atoms. The molecule has 0 saturated heterocycles. The molecule has 0 unspecified atom stereocenters. The van der Waals surface area contributed by atoms with Crippen LogP contribution in [0.2, 0.25) is 0 Å². The molecule has 0 aliphatic carbocycles. The van der Waals surface area contributed by atoms with Gasteiger partial charge >= 0.3 is 0 Å².